The van der Waals surface area contributed by atoms with E-state index in [9.17, 15) is 0 Å². The highest BCUT2D eigenvalue weighted by Gasteiger charge is 2.38. The van der Waals surface area contributed by atoms with Crippen molar-refractivity contribution in [3.05, 3.63) is 34.4 Å². The van der Waals surface area contributed by atoms with Crippen molar-refractivity contribution in [2.45, 2.75) is 24.9 Å². The van der Waals surface area contributed by atoms with Crippen LogP contribution >= 0.6 is 23.2 Å². The van der Waals surface area contributed by atoms with Crippen molar-refractivity contribution in [2.75, 3.05) is 25.0 Å². The fourth-order valence-corrected chi connectivity index (χ4v) is 4.06. The first kappa shape index (κ1) is 13.6. The summed E-state index contributed by atoms with van der Waals surface area (Å²) in [5.74, 6) is 0.989. The van der Waals surface area contributed by atoms with Crippen LogP contribution in [-0.4, -0.2) is 42.1 Å². The van der Waals surface area contributed by atoms with E-state index in [1.807, 2.05) is 24.3 Å². The number of anilines is 1. The fourth-order valence-electron chi connectivity index (χ4n) is 3.69. The molecule has 3 fully saturated rings. The van der Waals surface area contributed by atoms with Gasteiger partial charge >= 0.3 is 0 Å². The molecule has 3 aliphatic rings. The van der Waals surface area contributed by atoms with Crippen molar-refractivity contribution in [3.8, 4) is 0 Å². The van der Waals surface area contributed by atoms with E-state index in [-0.39, 0.29) is 0 Å². The van der Waals surface area contributed by atoms with Gasteiger partial charge in [-0.25, -0.2) is 4.98 Å². The largest absolute Gasteiger partial charge is 0.350 e. The van der Waals surface area contributed by atoms with E-state index < -0.39 is 0 Å². The first-order chi connectivity index (χ1) is 10.1. The van der Waals surface area contributed by atoms with E-state index >= 15 is 0 Å². The molecule has 3 saturated heterocycles. The van der Waals surface area contributed by atoms with E-state index in [1.165, 1.54) is 12.8 Å². The number of halogens is 2. The Labute approximate surface area is 134 Å². The maximum absolute atomic E-state index is 6.23. The first-order valence-electron chi connectivity index (χ1n) is 7.34. The molecule has 0 aliphatic carbocycles. The Morgan fingerprint density at radius 2 is 1.90 bits per heavy atom. The third-order valence-electron chi connectivity index (χ3n) is 4.82. The fraction of sp³-hybridized carbons (Fsp3) is 0.438. The number of hydrogen-bond donors (Lipinski definition) is 0. The summed E-state index contributed by atoms with van der Waals surface area (Å²) in [7, 11) is 2.22. The van der Waals surface area contributed by atoms with Crippen LogP contribution < -0.4 is 4.90 Å². The average molecular weight is 322 g/mol. The molecule has 0 N–H and O–H groups in total. The van der Waals surface area contributed by atoms with Crippen molar-refractivity contribution >= 4 is 39.8 Å². The zero-order valence-electron chi connectivity index (χ0n) is 11.9. The van der Waals surface area contributed by atoms with E-state index in [1.54, 1.807) is 0 Å². The molecule has 1 aromatic carbocycles. The third-order valence-corrected chi connectivity index (χ3v) is 5.25. The second-order valence-corrected chi connectivity index (χ2v) is 6.93. The lowest BCUT2D eigenvalue weighted by atomic mass is 9.91. The molecule has 2 bridgehead atoms. The van der Waals surface area contributed by atoms with Crippen molar-refractivity contribution in [1.82, 2.24) is 9.88 Å². The smallest absolute Gasteiger partial charge is 0.138 e. The zero-order chi connectivity index (χ0) is 14.6. The highest BCUT2D eigenvalue weighted by molar-refractivity contribution is 6.32. The average Bonchev–Trinajstić information content (AvgIpc) is 2.47. The van der Waals surface area contributed by atoms with Gasteiger partial charge in [0.25, 0.3) is 0 Å². The van der Waals surface area contributed by atoms with Crippen LogP contribution in [0.3, 0.4) is 0 Å². The summed E-state index contributed by atoms with van der Waals surface area (Å²) in [6.45, 7) is 2.12. The molecular weight excluding hydrogens is 305 g/mol. The molecule has 5 rings (SSSR count). The van der Waals surface area contributed by atoms with Crippen LogP contribution in [-0.2, 0) is 0 Å². The molecular formula is C16H17Cl2N3. The summed E-state index contributed by atoms with van der Waals surface area (Å²) < 4.78 is 0. The number of rotatable bonds is 1. The second kappa shape index (κ2) is 5.01. The maximum atomic E-state index is 6.23. The van der Waals surface area contributed by atoms with Crippen LogP contribution in [0, 0.1) is 0 Å². The summed E-state index contributed by atoms with van der Waals surface area (Å²) in [5.41, 5.74) is 0. The second-order valence-electron chi connectivity index (χ2n) is 6.11. The van der Waals surface area contributed by atoms with Gasteiger partial charge in [0.2, 0.25) is 0 Å². The minimum absolute atomic E-state index is 0.521. The van der Waals surface area contributed by atoms with E-state index in [0.29, 0.717) is 17.2 Å². The number of benzene rings is 1. The molecule has 3 aliphatic heterocycles. The summed E-state index contributed by atoms with van der Waals surface area (Å²) in [5, 5.41) is 3.49. The van der Waals surface area contributed by atoms with Crippen molar-refractivity contribution < 1.29 is 0 Å². The Balaban J connectivity index is 1.85. The van der Waals surface area contributed by atoms with E-state index in [4.69, 9.17) is 23.2 Å². The molecule has 21 heavy (non-hydrogen) atoms. The number of pyridine rings is 1. The lowest BCUT2D eigenvalue weighted by Gasteiger charge is -2.51. The third kappa shape index (κ3) is 2.28. The Morgan fingerprint density at radius 1 is 1.10 bits per heavy atom. The summed E-state index contributed by atoms with van der Waals surface area (Å²) in [4.78, 5) is 9.52. The van der Waals surface area contributed by atoms with Crippen LogP contribution in [0.25, 0.3) is 10.8 Å². The Bertz CT molecular complexity index is 703. The molecule has 2 atom stereocenters. The summed E-state index contributed by atoms with van der Waals surface area (Å²) >= 11 is 12.4. The minimum atomic E-state index is 0.521. The maximum Gasteiger partial charge on any atom is 0.138 e. The van der Waals surface area contributed by atoms with Gasteiger partial charge in [0.05, 0.1) is 0 Å². The van der Waals surface area contributed by atoms with E-state index in [2.05, 4.69) is 21.8 Å². The number of nitrogens with zero attached hydrogens (tertiary/aromatic N) is 3. The van der Waals surface area contributed by atoms with Crippen molar-refractivity contribution in [1.29, 1.82) is 0 Å². The van der Waals surface area contributed by atoms with Crippen LogP contribution in [0.2, 0.25) is 10.2 Å². The van der Waals surface area contributed by atoms with Gasteiger partial charge in [-0.15, -0.1) is 0 Å². The number of piperazine rings is 1. The molecule has 0 radical (unpaired) electrons. The summed E-state index contributed by atoms with van der Waals surface area (Å²) in [6.07, 6.45) is 2.50. The van der Waals surface area contributed by atoms with Crippen LogP contribution in [0.1, 0.15) is 12.8 Å². The summed E-state index contributed by atoms with van der Waals surface area (Å²) in [6, 6.07) is 8.97. The highest BCUT2D eigenvalue weighted by atomic mass is 35.5. The van der Waals surface area contributed by atoms with Crippen LogP contribution in [0.15, 0.2) is 24.3 Å². The lowest BCUT2D eigenvalue weighted by Crippen LogP contribution is -2.61. The normalized spacial score (nSPS) is 25.8. The minimum Gasteiger partial charge on any atom is -0.350 e. The van der Waals surface area contributed by atoms with Crippen LogP contribution in [0.4, 0.5) is 5.82 Å². The highest BCUT2D eigenvalue weighted by Crippen LogP contribution is 2.36. The molecule has 110 valence electrons. The van der Waals surface area contributed by atoms with Gasteiger partial charge in [-0.1, -0.05) is 29.3 Å². The molecule has 4 heterocycles. The molecule has 0 amide bonds. The Hall–Kier alpha value is -1.03. The molecule has 0 spiro atoms. The number of fused-ring (bicyclic) bond motifs is 4. The quantitative estimate of drug-likeness (QED) is 0.744. The molecule has 3 nitrogen and oxygen atoms in total. The molecule has 5 heteroatoms. The van der Waals surface area contributed by atoms with Gasteiger partial charge in [0.1, 0.15) is 11.0 Å². The topological polar surface area (TPSA) is 19.4 Å². The monoisotopic (exact) mass is 321 g/mol. The molecule has 2 unspecified atom stereocenters. The van der Waals surface area contributed by atoms with Crippen molar-refractivity contribution in [3.63, 3.8) is 0 Å². The van der Waals surface area contributed by atoms with Gasteiger partial charge in [0, 0.05) is 35.6 Å². The zero-order valence-corrected chi connectivity index (χ0v) is 13.4. The number of aromatic nitrogens is 1. The van der Waals surface area contributed by atoms with Gasteiger partial charge < -0.3 is 4.90 Å². The number of piperidine rings is 2. The van der Waals surface area contributed by atoms with Gasteiger partial charge in [-0.3, -0.25) is 4.90 Å². The first-order valence-corrected chi connectivity index (χ1v) is 8.10. The van der Waals surface area contributed by atoms with Crippen molar-refractivity contribution in [2.24, 2.45) is 0 Å². The Kier molecular flexibility index (Phi) is 3.25. The standard InChI is InChI=1S/C16H17Cl2N3/c1-20-8-13-5-4-12(20)9-21(13)16-14-7-11(17)3-2-10(14)6-15(18)19-16/h2-3,6-7,12-13H,4-5,8-9H2,1H3. The van der Waals surface area contributed by atoms with Gasteiger partial charge in [-0.05, 0) is 43.5 Å². The molecule has 0 saturated carbocycles. The lowest BCUT2D eigenvalue weighted by molar-refractivity contribution is 0.125. The predicted molar refractivity (Wildman–Crippen MR) is 88.5 cm³/mol. The predicted octanol–water partition coefficient (Wildman–Crippen LogP) is 3.82. The Morgan fingerprint density at radius 3 is 2.62 bits per heavy atom. The van der Waals surface area contributed by atoms with Gasteiger partial charge in [0.15, 0.2) is 0 Å². The number of hydrogen-bond acceptors (Lipinski definition) is 3. The van der Waals surface area contributed by atoms with E-state index in [0.717, 1.165) is 34.7 Å². The SMILES string of the molecule is CN1CC2CCC1CN2c1nc(Cl)cc2ccc(Cl)cc12. The van der Waals surface area contributed by atoms with Gasteiger partial charge in [-0.2, -0.15) is 0 Å². The molecule has 1 aromatic heterocycles. The number of likely N-dealkylation sites (N-methyl/N-ethyl adjacent to an activating group) is 1. The van der Waals surface area contributed by atoms with Crippen LogP contribution in [0.5, 0.6) is 0 Å². The molecule has 2 aromatic rings.